The quantitative estimate of drug-likeness (QED) is 0.674. The van der Waals surface area contributed by atoms with Crippen LogP contribution in [0, 0.1) is 5.41 Å². The highest BCUT2D eigenvalue weighted by molar-refractivity contribution is 6.12. The highest BCUT2D eigenvalue weighted by atomic mass is 16.6. The minimum absolute atomic E-state index is 0.0729. The van der Waals surface area contributed by atoms with E-state index in [4.69, 9.17) is 10.5 Å². The van der Waals surface area contributed by atoms with Crippen LogP contribution in [-0.4, -0.2) is 28.8 Å². The number of nitrogens with two attached hydrogens (primary N) is 1. The van der Waals surface area contributed by atoms with Crippen molar-refractivity contribution < 1.29 is 19.1 Å². The van der Waals surface area contributed by atoms with Gasteiger partial charge in [0.1, 0.15) is 12.0 Å². The average Bonchev–Trinajstić information content (AvgIpc) is 2.54. The third-order valence-corrected chi connectivity index (χ3v) is 4.21. The number of rotatable bonds is 3. The van der Waals surface area contributed by atoms with E-state index in [1.54, 1.807) is 6.08 Å². The maximum absolute atomic E-state index is 12.5. The predicted octanol–water partition coefficient (Wildman–Crippen LogP) is 1.36. The van der Waals surface area contributed by atoms with Crippen molar-refractivity contribution in [3.05, 3.63) is 48.0 Å². The van der Waals surface area contributed by atoms with Gasteiger partial charge >= 0.3 is 6.09 Å². The van der Waals surface area contributed by atoms with Crippen LogP contribution in [0.1, 0.15) is 18.4 Å². The number of amides is 3. The van der Waals surface area contributed by atoms with Gasteiger partial charge < -0.3 is 10.5 Å². The Hall–Kier alpha value is -2.63. The van der Waals surface area contributed by atoms with Gasteiger partial charge in [0, 0.05) is 0 Å². The van der Waals surface area contributed by atoms with E-state index in [-0.39, 0.29) is 12.6 Å². The Morgan fingerprint density at radius 1 is 1.32 bits per heavy atom. The molecule has 114 valence electrons. The van der Waals surface area contributed by atoms with Gasteiger partial charge in [-0.05, 0) is 18.4 Å². The smallest absolute Gasteiger partial charge is 0.417 e. The van der Waals surface area contributed by atoms with E-state index in [0.29, 0.717) is 12.8 Å². The van der Waals surface area contributed by atoms with Crippen molar-refractivity contribution in [1.29, 1.82) is 0 Å². The highest BCUT2D eigenvalue weighted by Gasteiger charge is 2.55. The van der Waals surface area contributed by atoms with Crippen LogP contribution < -0.4 is 5.73 Å². The molecule has 2 heterocycles. The van der Waals surface area contributed by atoms with Crippen molar-refractivity contribution in [3.8, 4) is 0 Å². The molecule has 1 aliphatic carbocycles. The Bertz CT molecular complexity index is 655. The highest BCUT2D eigenvalue weighted by Crippen LogP contribution is 2.41. The molecule has 22 heavy (non-hydrogen) atoms. The molecule has 1 fully saturated rings. The number of imide groups is 1. The van der Waals surface area contributed by atoms with Crippen LogP contribution in [0.25, 0.3) is 0 Å². The van der Waals surface area contributed by atoms with Crippen molar-refractivity contribution in [2.75, 3.05) is 0 Å². The molecule has 1 aromatic carbocycles. The fourth-order valence-corrected chi connectivity index (χ4v) is 2.91. The molecule has 2 aliphatic heterocycles. The second-order valence-electron chi connectivity index (χ2n) is 5.52. The fraction of sp³-hybridized carbons (Fsp3) is 0.312. The molecular weight excluding hydrogens is 284 g/mol. The number of primary amides is 1. The van der Waals surface area contributed by atoms with E-state index in [1.807, 2.05) is 30.3 Å². The molecule has 0 spiro atoms. The maximum Gasteiger partial charge on any atom is 0.417 e. The summed E-state index contributed by atoms with van der Waals surface area (Å²) >= 11 is 0. The summed E-state index contributed by atoms with van der Waals surface area (Å²) in [5, 5.41) is 0. The Balaban J connectivity index is 1.75. The van der Waals surface area contributed by atoms with Gasteiger partial charge in [0.25, 0.3) is 5.91 Å². The summed E-state index contributed by atoms with van der Waals surface area (Å²) in [7, 11) is 0. The molecule has 0 aromatic heterocycles. The number of benzene rings is 1. The van der Waals surface area contributed by atoms with Gasteiger partial charge in [0.2, 0.25) is 5.91 Å². The zero-order chi connectivity index (χ0) is 15.7. The monoisotopic (exact) mass is 300 g/mol. The Morgan fingerprint density at radius 2 is 2.05 bits per heavy atom. The first-order chi connectivity index (χ1) is 10.5. The average molecular weight is 300 g/mol. The SMILES string of the molecule is NC(=O)C12C=CC(CC1)N(C(=O)OCc1ccccc1)C2=O. The third-order valence-electron chi connectivity index (χ3n) is 4.21. The molecule has 2 bridgehead atoms. The van der Waals surface area contributed by atoms with E-state index in [1.165, 1.54) is 6.08 Å². The number of ether oxygens (including phenoxy) is 1. The number of fused-ring (bicyclic) bond motifs is 2. The molecule has 6 nitrogen and oxygen atoms in total. The summed E-state index contributed by atoms with van der Waals surface area (Å²) in [6, 6.07) is 8.81. The zero-order valence-corrected chi connectivity index (χ0v) is 11.9. The third kappa shape index (κ3) is 2.16. The largest absolute Gasteiger partial charge is 0.444 e. The van der Waals surface area contributed by atoms with Crippen LogP contribution >= 0.6 is 0 Å². The number of carbonyl (C=O) groups excluding carboxylic acids is 3. The van der Waals surface area contributed by atoms with Crippen LogP contribution in [0.4, 0.5) is 4.79 Å². The van der Waals surface area contributed by atoms with Crippen LogP contribution in [0.3, 0.4) is 0 Å². The van der Waals surface area contributed by atoms with E-state index in [0.717, 1.165) is 10.5 Å². The minimum Gasteiger partial charge on any atom is -0.444 e. The molecule has 2 atom stereocenters. The van der Waals surface area contributed by atoms with Gasteiger partial charge in [0.15, 0.2) is 0 Å². The van der Waals surface area contributed by atoms with E-state index < -0.39 is 23.3 Å². The zero-order valence-electron chi connectivity index (χ0n) is 11.9. The molecule has 2 unspecified atom stereocenters. The van der Waals surface area contributed by atoms with Crippen molar-refractivity contribution in [3.63, 3.8) is 0 Å². The topological polar surface area (TPSA) is 89.7 Å². The van der Waals surface area contributed by atoms with Crippen LogP contribution in [0.5, 0.6) is 0 Å². The lowest BCUT2D eigenvalue weighted by molar-refractivity contribution is -0.151. The number of carbonyl (C=O) groups is 3. The summed E-state index contributed by atoms with van der Waals surface area (Å²) in [4.78, 5) is 37.4. The van der Waals surface area contributed by atoms with Crippen LogP contribution in [0.2, 0.25) is 0 Å². The van der Waals surface area contributed by atoms with Crippen molar-refractivity contribution in [1.82, 2.24) is 4.90 Å². The molecule has 1 aromatic rings. The van der Waals surface area contributed by atoms with Crippen LogP contribution in [0.15, 0.2) is 42.5 Å². The lowest BCUT2D eigenvalue weighted by atomic mass is 9.71. The number of piperidine rings is 1. The molecule has 6 heteroatoms. The Morgan fingerprint density at radius 3 is 2.64 bits per heavy atom. The second kappa shape index (κ2) is 5.29. The summed E-state index contributed by atoms with van der Waals surface area (Å²) in [5.41, 5.74) is 4.79. The fourth-order valence-electron chi connectivity index (χ4n) is 2.91. The predicted molar refractivity (Wildman–Crippen MR) is 77.3 cm³/mol. The normalized spacial score (nSPS) is 26.1. The standard InChI is InChI=1S/C16H16N2O4/c17-13(19)16-8-6-12(7-9-16)18(14(16)20)15(21)22-10-11-4-2-1-3-5-11/h1-6,8,12H,7,9-10H2,(H2,17,19). The Kier molecular flexibility index (Phi) is 3.44. The van der Waals surface area contributed by atoms with Gasteiger partial charge in [-0.15, -0.1) is 0 Å². The molecule has 4 rings (SSSR count). The first-order valence-electron chi connectivity index (χ1n) is 7.08. The molecular formula is C16H16N2O4. The van der Waals surface area contributed by atoms with Crippen molar-refractivity contribution in [2.45, 2.75) is 25.5 Å². The minimum atomic E-state index is -1.40. The van der Waals surface area contributed by atoms with Gasteiger partial charge in [-0.3, -0.25) is 9.59 Å². The van der Waals surface area contributed by atoms with Gasteiger partial charge in [-0.1, -0.05) is 42.5 Å². The first kappa shape index (κ1) is 14.3. The van der Waals surface area contributed by atoms with Gasteiger partial charge in [-0.25, -0.2) is 9.69 Å². The summed E-state index contributed by atoms with van der Waals surface area (Å²) in [6.07, 6.45) is 3.32. The van der Waals surface area contributed by atoms with Crippen LogP contribution in [-0.2, 0) is 20.9 Å². The second-order valence-corrected chi connectivity index (χ2v) is 5.52. The molecule has 3 amide bonds. The number of nitrogens with zero attached hydrogens (tertiary/aromatic N) is 1. The Labute approximate surface area is 127 Å². The van der Waals surface area contributed by atoms with Crippen molar-refractivity contribution in [2.24, 2.45) is 11.1 Å². The first-order valence-corrected chi connectivity index (χ1v) is 7.08. The summed E-state index contributed by atoms with van der Waals surface area (Å²) in [5.74, 6) is -1.32. The number of hydrogen-bond donors (Lipinski definition) is 1. The van der Waals surface area contributed by atoms with E-state index in [2.05, 4.69) is 0 Å². The molecule has 1 saturated heterocycles. The van der Waals surface area contributed by atoms with E-state index >= 15 is 0 Å². The van der Waals surface area contributed by atoms with Gasteiger partial charge in [0.05, 0.1) is 6.04 Å². The lowest BCUT2D eigenvalue weighted by Gasteiger charge is -2.44. The van der Waals surface area contributed by atoms with Gasteiger partial charge in [-0.2, -0.15) is 0 Å². The van der Waals surface area contributed by atoms with Crippen molar-refractivity contribution >= 4 is 17.9 Å². The summed E-state index contributed by atoms with van der Waals surface area (Å²) in [6.45, 7) is 0.0729. The lowest BCUT2D eigenvalue weighted by Crippen LogP contribution is -2.61. The molecule has 3 aliphatic rings. The summed E-state index contributed by atoms with van der Waals surface area (Å²) < 4.78 is 5.20. The molecule has 0 saturated carbocycles. The number of hydrogen-bond acceptors (Lipinski definition) is 4. The maximum atomic E-state index is 12.5. The molecule has 2 N–H and O–H groups in total. The van der Waals surface area contributed by atoms with E-state index in [9.17, 15) is 14.4 Å². The molecule has 0 radical (unpaired) electrons.